The molecule has 1 aromatic carbocycles. The molecule has 2 heterocycles. The Labute approximate surface area is 319 Å². The second-order valence-corrected chi connectivity index (χ2v) is 15.4. The predicted octanol–water partition coefficient (Wildman–Crippen LogP) is 5.75. The van der Waals surface area contributed by atoms with Crippen molar-refractivity contribution in [1.82, 2.24) is 30.2 Å². The molecule has 4 N–H and O–H groups in total. The summed E-state index contributed by atoms with van der Waals surface area (Å²) in [4.78, 5) is 69.8. The van der Waals surface area contributed by atoms with E-state index in [9.17, 15) is 37.9 Å². The van der Waals surface area contributed by atoms with E-state index in [1.807, 2.05) is 13.8 Å². The van der Waals surface area contributed by atoms with Gasteiger partial charge in [-0.3, -0.25) is 23.9 Å². The molecule has 1 aliphatic heterocycles. The maximum absolute atomic E-state index is 15.9. The van der Waals surface area contributed by atoms with Crippen molar-refractivity contribution in [3.05, 3.63) is 59.2 Å². The molecule has 0 radical (unpaired) electrons. The minimum atomic E-state index is -1.74. The van der Waals surface area contributed by atoms with E-state index in [1.54, 1.807) is 36.8 Å². The molecule has 55 heavy (non-hydrogen) atoms. The molecular weight excluding hydrogens is 719 g/mol. The standard InChI is InChI=1S/C39H52F3N7O6/c1-6-49-30(15-18-43-49)34(50)45-32(24-7-9-25(10-8-24)33(41)42)35(51)44-29-14-11-26(21-28(29)40)23(4)31(46-38(55)47(5)27-12-13-27)36(52)48-19-16-39(17-20-48,22(2)3)37(53)54/h11,14-15,18,21-24,27,31-32H,6-10,12-13,16-17,19-20H2,1-5H3,(H,44,51)(H,45,50)(H,46,55)(H,53,54)/t23-,31+,32-/m0/s1. The van der Waals surface area contributed by atoms with Gasteiger partial charge in [0.1, 0.15) is 23.6 Å². The first-order valence-corrected chi connectivity index (χ1v) is 19.1. The number of benzene rings is 1. The summed E-state index contributed by atoms with van der Waals surface area (Å²) in [6, 6.07) is 2.88. The minimum Gasteiger partial charge on any atom is -0.481 e. The van der Waals surface area contributed by atoms with Crippen LogP contribution in [0.15, 0.2) is 42.1 Å². The number of carboxylic acids is 1. The smallest absolute Gasteiger partial charge is 0.318 e. The molecule has 2 aliphatic carbocycles. The van der Waals surface area contributed by atoms with E-state index in [2.05, 4.69) is 21.0 Å². The van der Waals surface area contributed by atoms with Crippen LogP contribution in [0.4, 0.5) is 23.7 Å². The SMILES string of the molecule is CCn1nccc1C(=O)N[C@H](C(=O)Nc1ccc([C@H](C)[C@@H](NC(=O)N(C)C2CC2)C(=O)N2CCC(C(=O)O)(C(C)C)CC2)cc1F)C1CCC(=C(F)F)CC1. The highest BCUT2D eigenvalue weighted by Crippen LogP contribution is 2.40. The van der Waals surface area contributed by atoms with E-state index in [-0.39, 0.29) is 80.5 Å². The Bertz CT molecular complexity index is 1790. The number of hydrogen-bond donors (Lipinski definition) is 4. The minimum absolute atomic E-state index is 0.0120. The average molecular weight is 772 g/mol. The van der Waals surface area contributed by atoms with Gasteiger partial charge in [-0.2, -0.15) is 13.9 Å². The number of carboxylic acid groups (broad SMARTS) is 1. The molecule has 0 spiro atoms. The molecule has 3 aliphatic rings. The highest BCUT2D eigenvalue weighted by atomic mass is 19.3. The second kappa shape index (κ2) is 17.3. The summed E-state index contributed by atoms with van der Waals surface area (Å²) in [5.74, 6) is -4.85. The van der Waals surface area contributed by atoms with Crippen LogP contribution in [0.1, 0.15) is 101 Å². The summed E-state index contributed by atoms with van der Waals surface area (Å²) < 4.78 is 44.0. The Morgan fingerprint density at radius 1 is 1.00 bits per heavy atom. The molecule has 300 valence electrons. The van der Waals surface area contributed by atoms with Gasteiger partial charge in [-0.1, -0.05) is 26.8 Å². The number of allylic oxidation sites excluding steroid dienone is 1. The van der Waals surface area contributed by atoms with Crippen molar-refractivity contribution in [3.8, 4) is 0 Å². The molecule has 2 aromatic rings. The molecule has 3 atom stereocenters. The lowest BCUT2D eigenvalue weighted by Gasteiger charge is -2.43. The van der Waals surface area contributed by atoms with E-state index in [0.717, 1.165) is 12.8 Å². The molecule has 0 bridgehead atoms. The first-order chi connectivity index (χ1) is 26.1. The third kappa shape index (κ3) is 9.16. The lowest BCUT2D eigenvalue weighted by molar-refractivity contribution is -0.158. The van der Waals surface area contributed by atoms with Crippen molar-refractivity contribution in [3.63, 3.8) is 0 Å². The van der Waals surface area contributed by atoms with Gasteiger partial charge in [0.2, 0.25) is 11.8 Å². The number of aliphatic carboxylic acids is 1. The van der Waals surface area contributed by atoms with Crippen molar-refractivity contribution in [1.29, 1.82) is 0 Å². The maximum atomic E-state index is 15.9. The van der Waals surface area contributed by atoms with Crippen LogP contribution in [-0.2, 0) is 20.9 Å². The van der Waals surface area contributed by atoms with Crippen LogP contribution >= 0.6 is 0 Å². The Morgan fingerprint density at radius 3 is 2.20 bits per heavy atom. The summed E-state index contributed by atoms with van der Waals surface area (Å²) in [6.07, 6.45) is 2.43. The van der Waals surface area contributed by atoms with Crippen LogP contribution < -0.4 is 16.0 Å². The monoisotopic (exact) mass is 771 g/mol. The topological polar surface area (TPSA) is 166 Å². The third-order valence-corrected chi connectivity index (χ3v) is 11.9. The van der Waals surface area contributed by atoms with Crippen molar-refractivity contribution in [2.24, 2.45) is 17.3 Å². The van der Waals surface area contributed by atoms with Crippen molar-refractivity contribution in [2.75, 3.05) is 25.5 Å². The molecule has 5 amide bonds. The fraction of sp³-hybridized carbons (Fsp3) is 0.590. The number of urea groups is 1. The van der Waals surface area contributed by atoms with E-state index in [1.165, 1.54) is 29.1 Å². The Kier molecular flexibility index (Phi) is 13.0. The third-order valence-electron chi connectivity index (χ3n) is 11.9. The van der Waals surface area contributed by atoms with Crippen molar-refractivity contribution < 1.29 is 42.3 Å². The number of aromatic nitrogens is 2. The van der Waals surface area contributed by atoms with Crippen LogP contribution in [0.2, 0.25) is 0 Å². The quantitative estimate of drug-likeness (QED) is 0.202. The van der Waals surface area contributed by atoms with E-state index >= 15 is 4.39 Å². The van der Waals surface area contributed by atoms with Crippen molar-refractivity contribution >= 4 is 35.4 Å². The van der Waals surface area contributed by atoms with E-state index in [4.69, 9.17) is 0 Å². The summed E-state index contributed by atoms with van der Waals surface area (Å²) >= 11 is 0. The zero-order chi connectivity index (χ0) is 40.2. The van der Waals surface area contributed by atoms with Gasteiger partial charge in [-0.15, -0.1) is 0 Å². The van der Waals surface area contributed by atoms with Crippen LogP contribution in [0, 0.1) is 23.1 Å². The molecule has 1 saturated heterocycles. The first-order valence-electron chi connectivity index (χ1n) is 19.1. The summed E-state index contributed by atoms with van der Waals surface area (Å²) in [7, 11) is 1.65. The van der Waals surface area contributed by atoms with Crippen LogP contribution in [0.5, 0.6) is 0 Å². The molecular formula is C39H52F3N7O6. The number of carbonyl (C=O) groups is 5. The second-order valence-electron chi connectivity index (χ2n) is 15.4. The number of nitrogens with one attached hydrogen (secondary N) is 3. The highest BCUT2D eigenvalue weighted by Gasteiger charge is 2.46. The number of piperidine rings is 1. The normalized spacial score (nSPS) is 19.9. The predicted molar refractivity (Wildman–Crippen MR) is 198 cm³/mol. The van der Waals surface area contributed by atoms with Gasteiger partial charge in [0.05, 0.1) is 11.1 Å². The number of amides is 5. The van der Waals surface area contributed by atoms with Crippen molar-refractivity contribution in [2.45, 2.75) is 110 Å². The van der Waals surface area contributed by atoms with Gasteiger partial charge in [0.25, 0.3) is 12.0 Å². The largest absolute Gasteiger partial charge is 0.481 e. The Hall–Kier alpha value is -4.89. The Balaban J connectivity index is 1.35. The molecule has 13 nitrogen and oxygen atoms in total. The van der Waals surface area contributed by atoms with Gasteiger partial charge >= 0.3 is 12.0 Å². The van der Waals surface area contributed by atoms with Crippen LogP contribution in [-0.4, -0.2) is 92.7 Å². The van der Waals surface area contributed by atoms with Gasteiger partial charge in [-0.05, 0) is 99.5 Å². The lowest BCUT2D eigenvalue weighted by Crippen LogP contribution is -2.57. The van der Waals surface area contributed by atoms with Crippen LogP contribution in [0.25, 0.3) is 0 Å². The summed E-state index contributed by atoms with van der Waals surface area (Å²) in [6.45, 7) is 7.94. The molecule has 3 fully saturated rings. The summed E-state index contributed by atoms with van der Waals surface area (Å²) in [5.41, 5.74) is -0.584. The van der Waals surface area contributed by atoms with Gasteiger partial charge in [0, 0.05) is 44.8 Å². The number of nitrogens with zero attached hydrogens (tertiary/aromatic N) is 4. The highest BCUT2D eigenvalue weighted by molar-refractivity contribution is 6.00. The number of aryl methyl sites for hydroxylation is 1. The number of anilines is 1. The number of hydrogen-bond acceptors (Lipinski definition) is 6. The van der Waals surface area contributed by atoms with Gasteiger partial charge < -0.3 is 30.9 Å². The molecule has 5 rings (SSSR count). The zero-order valence-corrected chi connectivity index (χ0v) is 32.0. The number of halogens is 3. The molecule has 0 unspecified atom stereocenters. The molecule has 1 aromatic heterocycles. The number of rotatable bonds is 13. The maximum Gasteiger partial charge on any atom is 0.318 e. The first kappa shape index (κ1) is 41.3. The molecule has 2 saturated carbocycles. The van der Waals surface area contributed by atoms with E-state index in [0.29, 0.717) is 12.1 Å². The number of carbonyl (C=O) groups excluding carboxylic acids is 4. The molecule has 16 heteroatoms. The van der Waals surface area contributed by atoms with E-state index < -0.39 is 71.0 Å². The summed E-state index contributed by atoms with van der Waals surface area (Å²) in [5, 5.41) is 22.3. The fourth-order valence-corrected chi connectivity index (χ4v) is 7.84. The Morgan fingerprint density at radius 2 is 1.65 bits per heavy atom. The van der Waals surface area contributed by atoms with Crippen LogP contribution in [0.3, 0.4) is 0 Å². The van der Waals surface area contributed by atoms with Gasteiger partial charge in [-0.25, -0.2) is 9.18 Å². The fourth-order valence-electron chi connectivity index (χ4n) is 7.84. The zero-order valence-electron chi connectivity index (χ0n) is 32.0. The number of likely N-dealkylation sites (tertiary alicyclic amines) is 1. The van der Waals surface area contributed by atoms with Gasteiger partial charge in [0.15, 0.2) is 0 Å². The average Bonchev–Trinajstić information content (AvgIpc) is 3.91. The lowest BCUT2D eigenvalue weighted by atomic mass is 9.70.